The summed E-state index contributed by atoms with van der Waals surface area (Å²) < 4.78 is 0. The van der Waals surface area contributed by atoms with Crippen LogP contribution in [0.3, 0.4) is 0 Å². The van der Waals surface area contributed by atoms with Crippen LogP contribution in [0, 0.1) is 5.41 Å². The third-order valence-electron chi connectivity index (χ3n) is 4.65. The number of aromatic nitrogens is 1. The molecule has 0 radical (unpaired) electrons. The lowest BCUT2D eigenvalue weighted by molar-refractivity contribution is 0.373. The number of nitrogens with one attached hydrogen (secondary N) is 2. The van der Waals surface area contributed by atoms with E-state index in [0.29, 0.717) is 6.54 Å². The van der Waals surface area contributed by atoms with Gasteiger partial charge in [-0.3, -0.25) is 4.98 Å². The summed E-state index contributed by atoms with van der Waals surface area (Å²) >= 11 is 1.97. The van der Waals surface area contributed by atoms with Crippen LogP contribution in [0.15, 0.2) is 47.8 Å². The predicted molar refractivity (Wildman–Crippen MR) is 114 cm³/mol. The Morgan fingerprint density at radius 1 is 1.23 bits per heavy atom. The van der Waals surface area contributed by atoms with E-state index in [0.717, 1.165) is 28.8 Å². The number of allylic oxidation sites excluding steroid dienone is 1. The average Bonchev–Trinajstić information content (AvgIpc) is 2.46. The lowest BCUT2D eigenvalue weighted by atomic mass is 9.89. The first-order valence-corrected chi connectivity index (χ1v) is 10.4. The van der Waals surface area contributed by atoms with Gasteiger partial charge in [-0.1, -0.05) is 40.3 Å². The summed E-state index contributed by atoms with van der Waals surface area (Å²) in [7, 11) is 0. The molecule has 1 saturated carbocycles. The molecule has 144 valence electrons. The monoisotopic (exact) mass is 373 g/mol. The van der Waals surface area contributed by atoms with Crippen LogP contribution in [-0.2, 0) is 6.54 Å². The summed E-state index contributed by atoms with van der Waals surface area (Å²) in [6.07, 6.45) is 6.82. The Kier molecular flexibility index (Phi) is 6.84. The lowest BCUT2D eigenvalue weighted by Crippen LogP contribution is -2.45. The van der Waals surface area contributed by atoms with Gasteiger partial charge in [0, 0.05) is 27.7 Å². The Hall–Kier alpha value is -1.42. The molecule has 1 aromatic rings. The van der Waals surface area contributed by atoms with Crippen molar-refractivity contribution in [1.82, 2.24) is 15.6 Å². The Balaban J connectivity index is 1.91. The third-order valence-corrected chi connectivity index (χ3v) is 6.08. The molecule has 0 spiro atoms. The molecule has 0 unspecified atom stereocenters. The minimum Gasteiger partial charge on any atom is -0.381 e. The zero-order valence-corrected chi connectivity index (χ0v) is 17.9. The lowest BCUT2D eigenvalue weighted by Gasteiger charge is -2.33. The molecular formula is C22H35N3S. The zero-order valence-electron chi connectivity index (χ0n) is 17.1. The van der Waals surface area contributed by atoms with E-state index in [2.05, 4.69) is 69.5 Å². The second-order valence-electron chi connectivity index (χ2n) is 9.04. The standard InChI is InChI=1S/C22H35N3S/c1-16(14-21(3,4)5)25-22(6,7)17(2)24-15-19-20(12-9-13-23-19)26-18-10-8-11-18/h9,12-13,18,24-25H,1-2,8,10-11,14-15H2,3-7H3. The van der Waals surface area contributed by atoms with E-state index >= 15 is 0 Å². The molecule has 26 heavy (non-hydrogen) atoms. The minimum absolute atomic E-state index is 0.219. The van der Waals surface area contributed by atoms with Crippen LogP contribution in [0.4, 0.5) is 0 Å². The van der Waals surface area contributed by atoms with Crippen LogP contribution in [0.5, 0.6) is 0 Å². The fourth-order valence-corrected chi connectivity index (χ4v) is 4.29. The van der Waals surface area contributed by atoms with Crippen molar-refractivity contribution in [2.75, 3.05) is 0 Å². The molecule has 3 nitrogen and oxygen atoms in total. The topological polar surface area (TPSA) is 37.0 Å². The fraction of sp³-hybridized carbons (Fsp3) is 0.591. The van der Waals surface area contributed by atoms with E-state index < -0.39 is 0 Å². The van der Waals surface area contributed by atoms with Gasteiger partial charge in [0.25, 0.3) is 0 Å². The summed E-state index contributed by atoms with van der Waals surface area (Å²) in [5.41, 5.74) is 3.06. The molecule has 2 N–H and O–H groups in total. The van der Waals surface area contributed by atoms with Crippen LogP contribution in [-0.4, -0.2) is 15.8 Å². The van der Waals surface area contributed by atoms with Gasteiger partial charge in [-0.05, 0) is 50.7 Å². The van der Waals surface area contributed by atoms with E-state index in [1.165, 1.54) is 24.2 Å². The van der Waals surface area contributed by atoms with Crippen LogP contribution in [0.25, 0.3) is 0 Å². The molecule has 1 aromatic heterocycles. The number of pyridine rings is 1. The van der Waals surface area contributed by atoms with Crippen molar-refractivity contribution in [3.63, 3.8) is 0 Å². The SMILES string of the molecule is C=C(CC(C)(C)C)NC(C)(C)C(=C)NCc1ncccc1SC1CCC1. The average molecular weight is 374 g/mol. The van der Waals surface area contributed by atoms with Gasteiger partial charge < -0.3 is 10.6 Å². The highest BCUT2D eigenvalue weighted by atomic mass is 32.2. The maximum absolute atomic E-state index is 4.59. The van der Waals surface area contributed by atoms with Crippen molar-refractivity contribution in [3.8, 4) is 0 Å². The third kappa shape index (κ3) is 6.39. The number of thioether (sulfide) groups is 1. The van der Waals surface area contributed by atoms with Crippen LogP contribution >= 0.6 is 11.8 Å². The normalized spacial score (nSPS) is 15.3. The molecule has 0 bridgehead atoms. The van der Waals surface area contributed by atoms with Gasteiger partial charge in [0.1, 0.15) is 0 Å². The molecule has 1 fully saturated rings. The van der Waals surface area contributed by atoms with E-state index in [4.69, 9.17) is 0 Å². The first-order chi connectivity index (χ1) is 12.1. The van der Waals surface area contributed by atoms with Gasteiger partial charge in [0.05, 0.1) is 17.8 Å². The molecule has 1 aliphatic carbocycles. The summed E-state index contributed by atoms with van der Waals surface area (Å²) in [6, 6.07) is 4.21. The molecule has 0 aromatic carbocycles. The Morgan fingerprint density at radius 2 is 1.92 bits per heavy atom. The van der Waals surface area contributed by atoms with Crippen LogP contribution < -0.4 is 10.6 Å². The van der Waals surface area contributed by atoms with Gasteiger partial charge in [-0.25, -0.2) is 0 Å². The Morgan fingerprint density at radius 3 is 2.50 bits per heavy atom. The van der Waals surface area contributed by atoms with E-state index in [9.17, 15) is 0 Å². The second-order valence-corrected chi connectivity index (χ2v) is 10.4. The van der Waals surface area contributed by atoms with Gasteiger partial charge in [0.15, 0.2) is 0 Å². The van der Waals surface area contributed by atoms with Crippen molar-refractivity contribution in [1.29, 1.82) is 0 Å². The summed E-state index contributed by atoms with van der Waals surface area (Å²) in [5.74, 6) is 0. The smallest absolute Gasteiger partial charge is 0.0730 e. The molecule has 2 rings (SSSR count). The van der Waals surface area contributed by atoms with Crippen molar-refractivity contribution in [3.05, 3.63) is 48.6 Å². The molecule has 1 heterocycles. The highest BCUT2D eigenvalue weighted by Gasteiger charge is 2.24. The van der Waals surface area contributed by atoms with Gasteiger partial charge in [0.2, 0.25) is 0 Å². The van der Waals surface area contributed by atoms with Gasteiger partial charge in [-0.2, -0.15) is 0 Å². The van der Waals surface area contributed by atoms with Crippen molar-refractivity contribution >= 4 is 11.8 Å². The van der Waals surface area contributed by atoms with Crippen LogP contribution in [0.1, 0.15) is 66.0 Å². The molecule has 0 atom stereocenters. The second kappa shape index (κ2) is 8.51. The first-order valence-electron chi connectivity index (χ1n) is 9.56. The number of hydrogen-bond acceptors (Lipinski definition) is 4. The quantitative estimate of drug-likeness (QED) is 0.587. The van der Waals surface area contributed by atoms with Crippen molar-refractivity contribution in [2.45, 2.75) is 82.5 Å². The number of hydrogen-bond donors (Lipinski definition) is 2. The van der Waals surface area contributed by atoms with Crippen molar-refractivity contribution < 1.29 is 0 Å². The zero-order chi connectivity index (χ0) is 19.4. The molecule has 0 amide bonds. The molecular weight excluding hydrogens is 338 g/mol. The largest absolute Gasteiger partial charge is 0.381 e. The molecule has 1 aliphatic rings. The minimum atomic E-state index is -0.265. The summed E-state index contributed by atoms with van der Waals surface area (Å²) in [4.78, 5) is 5.88. The van der Waals surface area contributed by atoms with E-state index in [1.54, 1.807) is 0 Å². The number of rotatable bonds is 9. The predicted octanol–water partition coefficient (Wildman–Crippen LogP) is 5.65. The van der Waals surface area contributed by atoms with E-state index in [-0.39, 0.29) is 11.0 Å². The Bertz CT molecular complexity index is 639. The maximum atomic E-state index is 4.59. The van der Waals surface area contributed by atoms with Gasteiger partial charge in [-0.15, -0.1) is 11.8 Å². The highest BCUT2D eigenvalue weighted by Crippen LogP contribution is 2.37. The summed E-state index contributed by atoms with van der Waals surface area (Å²) in [6.45, 7) is 20.1. The van der Waals surface area contributed by atoms with Crippen LogP contribution in [0.2, 0.25) is 0 Å². The number of nitrogens with zero attached hydrogens (tertiary/aromatic N) is 1. The maximum Gasteiger partial charge on any atom is 0.0730 e. The highest BCUT2D eigenvalue weighted by molar-refractivity contribution is 8.00. The van der Waals surface area contributed by atoms with E-state index in [1.807, 2.05) is 24.0 Å². The fourth-order valence-electron chi connectivity index (χ4n) is 2.94. The molecule has 0 aliphatic heterocycles. The first kappa shape index (κ1) is 20.9. The Labute approximate surface area is 164 Å². The van der Waals surface area contributed by atoms with Gasteiger partial charge >= 0.3 is 0 Å². The summed E-state index contributed by atoms with van der Waals surface area (Å²) in [5, 5.41) is 7.78. The van der Waals surface area contributed by atoms with Crippen molar-refractivity contribution in [2.24, 2.45) is 5.41 Å². The molecule has 0 saturated heterocycles. The molecule has 4 heteroatoms.